The molecule has 26 heavy (non-hydrogen) atoms. The van der Waals surface area contributed by atoms with Crippen LogP contribution in [0.1, 0.15) is 31.0 Å². The van der Waals surface area contributed by atoms with Crippen molar-refractivity contribution < 1.29 is 13.5 Å². The number of hydrogen-bond acceptors (Lipinski definition) is 5. The van der Waals surface area contributed by atoms with E-state index < -0.39 is 10.0 Å². The summed E-state index contributed by atoms with van der Waals surface area (Å²) in [5.74, 6) is 0.00603. The molecular formula is C18H24N2O4S2. The maximum absolute atomic E-state index is 13.0. The molecule has 0 aromatic carbocycles. The Hall–Kier alpha value is -1.48. The summed E-state index contributed by atoms with van der Waals surface area (Å²) < 4.78 is 27.7. The van der Waals surface area contributed by atoms with E-state index in [2.05, 4.69) is 4.98 Å². The second kappa shape index (κ2) is 7.64. The number of pyridine rings is 1. The van der Waals surface area contributed by atoms with Gasteiger partial charge in [-0.3, -0.25) is 4.79 Å². The molecule has 1 fully saturated rings. The number of aliphatic hydroxyl groups excluding tert-OH is 1. The van der Waals surface area contributed by atoms with Crippen molar-refractivity contribution in [2.45, 2.75) is 37.3 Å². The molecule has 3 heterocycles. The highest BCUT2D eigenvalue weighted by molar-refractivity contribution is 7.91. The van der Waals surface area contributed by atoms with Crippen LogP contribution < -0.4 is 5.56 Å². The van der Waals surface area contributed by atoms with Gasteiger partial charge in [0.05, 0.1) is 0 Å². The van der Waals surface area contributed by atoms with Crippen LogP contribution in [0, 0.1) is 12.8 Å². The van der Waals surface area contributed by atoms with Crippen molar-refractivity contribution in [1.82, 2.24) is 9.29 Å². The molecule has 2 aromatic heterocycles. The van der Waals surface area contributed by atoms with E-state index in [1.165, 1.54) is 15.6 Å². The van der Waals surface area contributed by atoms with Gasteiger partial charge in [0.25, 0.3) is 15.6 Å². The third kappa shape index (κ3) is 3.64. The summed E-state index contributed by atoms with van der Waals surface area (Å²) >= 11 is 1.22. The Morgan fingerprint density at radius 2 is 2.15 bits per heavy atom. The molecule has 0 saturated carbocycles. The second-order valence-electron chi connectivity index (χ2n) is 6.69. The first-order valence-electron chi connectivity index (χ1n) is 8.80. The number of aromatic nitrogens is 1. The average Bonchev–Trinajstić information content (AvgIpc) is 3.12. The smallest absolute Gasteiger partial charge is 0.252 e. The molecule has 1 unspecified atom stereocenters. The number of aromatic amines is 1. The number of nitrogens with one attached hydrogen (secondary N) is 1. The van der Waals surface area contributed by atoms with Crippen LogP contribution in [0.3, 0.4) is 0 Å². The van der Waals surface area contributed by atoms with Gasteiger partial charge < -0.3 is 10.1 Å². The third-order valence-electron chi connectivity index (χ3n) is 4.88. The predicted molar refractivity (Wildman–Crippen MR) is 103 cm³/mol. The normalized spacial score (nSPS) is 19.0. The van der Waals surface area contributed by atoms with Crippen molar-refractivity contribution in [3.63, 3.8) is 0 Å². The van der Waals surface area contributed by atoms with Crippen LogP contribution in [-0.4, -0.2) is 42.5 Å². The summed E-state index contributed by atoms with van der Waals surface area (Å²) in [6.45, 7) is 4.61. The van der Waals surface area contributed by atoms with E-state index in [4.69, 9.17) is 0 Å². The molecule has 1 saturated heterocycles. The largest absolute Gasteiger partial charge is 0.396 e. The molecule has 0 aliphatic carbocycles. The zero-order valence-corrected chi connectivity index (χ0v) is 16.6. The number of piperidine rings is 1. The number of aryl methyl sites for hydroxylation is 2. The van der Waals surface area contributed by atoms with E-state index in [-0.39, 0.29) is 18.1 Å². The number of thiophene rings is 1. The lowest BCUT2D eigenvalue weighted by Crippen LogP contribution is -2.40. The maximum atomic E-state index is 13.0. The Labute approximate surface area is 157 Å². The standard InChI is InChI=1S/C18H24N2O4S2/c1-3-14-9-15(12(2)19-18(14)22)16-6-7-17(25-16)26(23,24)20-8-4-5-13(10-20)11-21/h6-7,9,13,21H,3-5,8,10-11H2,1-2H3,(H,19,22). The monoisotopic (exact) mass is 396 g/mol. The zero-order chi connectivity index (χ0) is 18.9. The van der Waals surface area contributed by atoms with Gasteiger partial charge >= 0.3 is 0 Å². The molecule has 6 nitrogen and oxygen atoms in total. The van der Waals surface area contributed by atoms with E-state index >= 15 is 0 Å². The van der Waals surface area contributed by atoms with Gasteiger partial charge in [0.15, 0.2) is 0 Å². The van der Waals surface area contributed by atoms with Crippen LogP contribution in [0.15, 0.2) is 27.2 Å². The van der Waals surface area contributed by atoms with Crippen molar-refractivity contribution in [1.29, 1.82) is 0 Å². The highest BCUT2D eigenvalue weighted by Crippen LogP contribution is 2.34. The summed E-state index contributed by atoms with van der Waals surface area (Å²) in [7, 11) is -3.56. The van der Waals surface area contributed by atoms with E-state index in [1.54, 1.807) is 12.1 Å². The minimum atomic E-state index is -3.56. The first-order chi connectivity index (χ1) is 12.4. The molecule has 142 valence electrons. The number of sulfonamides is 1. The molecule has 0 radical (unpaired) electrons. The quantitative estimate of drug-likeness (QED) is 0.812. The SMILES string of the molecule is CCc1cc(-c2ccc(S(=O)(=O)N3CCCC(CO)C3)s2)c(C)[nH]c1=O. The minimum absolute atomic E-state index is 0.00603. The maximum Gasteiger partial charge on any atom is 0.252 e. The van der Waals surface area contributed by atoms with Crippen molar-refractivity contribution >= 4 is 21.4 Å². The molecule has 1 aliphatic rings. The Bertz CT molecular complexity index is 946. The van der Waals surface area contributed by atoms with Gasteiger partial charge in [-0.25, -0.2) is 8.42 Å². The van der Waals surface area contributed by atoms with E-state index in [1.807, 2.05) is 19.9 Å². The van der Waals surface area contributed by atoms with Crippen LogP contribution in [0.5, 0.6) is 0 Å². The first-order valence-corrected chi connectivity index (χ1v) is 11.1. The summed E-state index contributed by atoms with van der Waals surface area (Å²) in [4.78, 5) is 15.6. The molecule has 1 atom stereocenters. The van der Waals surface area contributed by atoms with Crippen molar-refractivity contribution in [2.24, 2.45) is 5.92 Å². The van der Waals surface area contributed by atoms with Crippen molar-refractivity contribution in [2.75, 3.05) is 19.7 Å². The third-order valence-corrected chi connectivity index (χ3v) is 8.33. The lowest BCUT2D eigenvalue weighted by Gasteiger charge is -2.30. The highest BCUT2D eigenvalue weighted by atomic mass is 32.2. The van der Waals surface area contributed by atoms with Gasteiger partial charge in [-0.2, -0.15) is 4.31 Å². The van der Waals surface area contributed by atoms with Crippen molar-refractivity contribution in [3.05, 3.63) is 39.8 Å². The predicted octanol–water partition coefficient (Wildman–Crippen LogP) is 2.37. The van der Waals surface area contributed by atoms with E-state index in [0.29, 0.717) is 29.3 Å². The Morgan fingerprint density at radius 1 is 1.38 bits per heavy atom. The first kappa shape index (κ1) is 19.3. The van der Waals surface area contributed by atoms with E-state index in [9.17, 15) is 18.3 Å². The summed E-state index contributed by atoms with van der Waals surface area (Å²) in [6, 6.07) is 5.28. The molecule has 8 heteroatoms. The van der Waals surface area contributed by atoms with Crippen LogP contribution >= 0.6 is 11.3 Å². The summed E-state index contributed by atoms with van der Waals surface area (Å²) in [5, 5.41) is 9.35. The van der Waals surface area contributed by atoms with Gasteiger partial charge in [0.2, 0.25) is 0 Å². The topological polar surface area (TPSA) is 90.5 Å². The molecule has 2 aromatic rings. The second-order valence-corrected chi connectivity index (χ2v) is 9.94. The fourth-order valence-electron chi connectivity index (χ4n) is 3.31. The van der Waals surface area contributed by atoms with Crippen LogP contribution in [0.2, 0.25) is 0 Å². The molecule has 2 N–H and O–H groups in total. The molecule has 3 rings (SSSR count). The molecule has 0 spiro atoms. The minimum Gasteiger partial charge on any atom is -0.396 e. The zero-order valence-electron chi connectivity index (χ0n) is 15.0. The number of rotatable bonds is 5. The molecule has 0 amide bonds. The fourth-order valence-corrected chi connectivity index (χ4v) is 6.40. The van der Waals surface area contributed by atoms with Crippen molar-refractivity contribution in [3.8, 4) is 10.4 Å². The van der Waals surface area contributed by atoms with Gasteiger partial charge in [0, 0.05) is 41.4 Å². The number of hydrogen-bond donors (Lipinski definition) is 2. The summed E-state index contributed by atoms with van der Waals surface area (Å²) in [5.41, 5.74) is 2.18. The summed E-state index contributed by atoms with van der Waals surface area (Å²) in [6.07, 6.45) is 2.24. The number of aliphatic hydroxyl groups is 1. The Balaban J connectivity index is 1.94. The Kier molecular flexibility index (Phi) is 5.67. The van der Waals surface area contributed by atoms with Gasteiger partial charge in [-0.15, -0.1) is 11.3 Å². The molecular weight excluding hydrogens is 372 g/mol. The number of H-pyrrole nitrogens is 1. The lowest BCUT2D eigenvalue weighted by molar-refractivity contribution is 0.165. The van der Waals surface area contributed by atoms with E-state index in [0.717, 1.165) is 29.0 Å². The average molecular weight is 397 g/mol. The van der Waals surface area contributed by atoms with Crippen LogP contribution in [0.25, 0.3) is 10.4 Å². The van der Waals surface area contributed by atoms with Gasteiger partial charge in [-0.1, -0.05) is 6.92 Å². The molecule has 0 bridgehead atoms. The van der Waals surface area contributed by atoms with Gasteiger partial charge in [0.1, 0.15) is 4.21 Å². The fraction of sp³-hybridized carbons (Fsp3) is 0.500. The van der Waals surface area contributed by atoms with Crippen LogP contribution in [-0.2, 0) is 16.4 Å². The van der Waals surface area contributed by atoms with Gasteiger partial charge in [-0.05, 0) is 50.3 Å². The molecule has 1 aliphatic heterocycles. The highest BCUT2D eigenvalue weighted by Gasteiger charge is 2.31. The Morgan fingerprint density at radius 3 is 2.85 bits per heavy atom. The number of nitrogens with zero attached hydrogens (tertiary/aromatic N) is 1. The van der Waals surface area contributed by atoms with Crippen LogP contribution in [0.4, 0.5) is 0 Å². The lowest BCUT2D eigenvalue weighted by atomic mass is 10.0.